The second kappa shape index (κ2) is 10.4. The Morgan fingerprint density at radius 2 is 1.73 bits per heavy atom. The summed E-state index contributed by atoms with van der Waals surface area (Å²) in [6.45, 7) is 0.0825. The molecular weight excluding hydrogens is 393 g/mol. The lowest BCUT2D eigenvalue weighted by Crippen LogP contribution is -2.41. The average Bonchev–Trinajstić information content (AvgIpc) is 2.71. The molecular formula is C21H26FN3O5. The first-order valence-corrected chi connectivity index (χ1v) is 9.11. The van der Waals surface area contributed by atoms with Crippen LogP contribution in [0.3, 0.4) is 0 Å². The van der Waals surface area contributed by atoms with Crippen LogP contribution in [0.1, 0.15) is 17.2 Å². The lowest BCUT2D eigenvalue weighted by molar-refractivity contribution is -0.126. The highest BCUT2D eigenvalue weighted by Crippen LogP contribution is 2.38. The molecule has 2 aromatic rings. The number of hydrogen-bond donors (Lipinski definition) is 2. The number of halogens is 1. The van der Waals surface area contributed by atoms with E-state index in [0.717, 1.165) is 5.56 Å². The monoisotopic (exact) mass is 419 g/mol. The highest BCUT2D eigenvalue weighted by molar-refractivity contribution is 5.83. The van der Waals surface area contributed by atoms with Gasteiger partial charge in [-0.25, -0.2) is 4.39 Å². The van der Waals surface area contributed by atoms with Crippen LogP contribution in [0.15, 0.2) is 36.4 Å². The van der Waals surface area contributed by atoms with Gasteiger partial charge in [-0.1, -0.05) is 12.1 Å². The van der Waals surface area contributed by atoms with Gasteiger partial charge in [-0.05, 0) is 42.4 Å². The van der Waals surface area contributed by atoms with Gasteiger partial charge in [0.25, 0.3) is 0 Å². The van der Waals surface area contributed by atoms with Crippen molar-refractivity contribution >= 4 is 11.8 Å². The van der Waals surface area contributed by atoms with Crippen LogP contribution in [-0.2, 0) is 16.1 Å². The molecule has 8 nitrogen and oxygen atoms in total. The van der Waals surface area contributed by atoms with Crippen LogP contribution in [-0.4, -0.2) is 51.6 Å². The van der Waals surface area contributed by atoms with Gasteiger partial charge in [0, 0.05) is 6.54 Å². The predicted octanol–water partition coefficient (Wildman–Crippen LogP) is 1.63. The number of carbonyl (C=O) groups is 2. The first-order valence-electron chi connectivity index (χ1n) is 9.11. The molecule has 30 heavy (non-hydrogen) atoms. The molecule has 0 saturated carbocycles. The minimum Gasteiger partial charge on any atom is -0.493 e. The zero-order chi connectivity index (χ0) is 22.3. The molecule has 0 aliphatic carbocycles. The second-order valence-electron chi connectivity index (χ2n) is 6.59. The Morgan fingerprint density at radius 1 is 1.10 bits per heavy atom. The van der Waals surface area contributed by atoms with Gasteiger partial charge in [-0.3, -0.25) is 14.5 Å². The molecule has 1 unspecified atom stereocenters. The Morgan fingerprint density at radius 3 is 2.23 bits per heavy atom. The molecule has 3 N–H and O–H groups in total. The van der Waals surface area contributed by atoms with Crippen molar-refractivity contribution in [1.82, 2.24) is 10.2 Å². The number of hydrogen-bond acceptors (Lipinski definition) is 6. The van der Waals surface area contributed by atoms with E-state index in [0.29, 0.717) is 22.8 Å². The normalized spacial score (nSPS) is 11.7. The molecule has 2 amide bonds. The Balaban J connectivity index is 2.07. The third kappa shape index (κ3) is 5.60. The zero-order valence-electron chi connectivity index (χ0n) is 17.4. The van der Waals surface area contributed by atoms with Crippen LogP contribution in [0, 0.1) is 5.82 Å². The van der Waals surface area contributed by atoms with Gasteiger partial charge >= 0.3 is 0 Å². The minimum atomic E-state index is -0.937. The smallest absolute Gasteiger partial charge is 0.239 e. The fraction of sp³-hybridized carbons (Fsp3) is 0.333. The fourth-order valence-corrected chi connectivity index (χ4v) is 3.12. The van der Waals surface area contributed by atoms with E-state index in [-0.39, 0.29) is 19.0 Å². The van der Waals surface area contributed by atoms with Crippen molar-refractivity contribution in [2.24, 2.45) is 5.73 Å². The summed E-state index contributed by atoms with van der Waals surface area (Å²) < 4.78 is 29.4. The van der Waals surface area contributed by atoms with Crippen molar-refractivity contribution in [3.63, 3.8) is 0 Å². The molecule has 0 heterocycles. The maximum absolute atomic E-state index is 13.5. The van der Waals surface area contributed by atoms with E-state index in [4.69, 9.17) is 19.9 Å². The summed E-state index contributed by atoms with van der Waals surface area (Å²) in [4.78, 5) is 25.8. The number of likely N-dealkylation sites (N-methyl/N-ethyl adjacent to an activating group) is 1. The SMILES string of the molecule is COc1cc(CNC(=O)CN(C)C(C(N)=O)c2cccc(F)c2)cc(OC)c1OC. The lowest BCUT2D eigenvalue weighted by atomic mass is 10.0. The highest BCUT2D eigenvalue weighted by Gasteiger charge is 2.25. The average molecular weight is 419 g/mol. The fourth-order valence-electron chi connectivity index (χ4n) is 3.12. The van der Waals surface area contributed by atoms with E-state index in [1.807, 2.05) is 0 Å². The number of primary amides is 1. The summed E-state index contributed by atoms with van der Waals surface area (Å²) in [6, 6.07) is 8.08. The Hall–Kier alpha value is -3.33. The molecule has 0 aromatic heterocycles. The van der Waals surface area contributed by atoms with Gasteiger partial charge in [0.1, 0.15) is 11.9 Å². The molecule has 0 bridgehead atoms. The van der Waals surface area contributed by atoms with Gasteiger partial charge in [0.05, 0.1) is 27.9 Å². The molecule has 0 spiro atoms. The highest BCUT2D eigenvalue weighted by atomic mass is 19.1. The molecule has 1 atom stereocenters. The molecule has 2 aromatic carbocycles. The van der Waals surface area contributed by atoms with Crippen LogP contribution in [0.25, 0.3) is 0 Å². The molecule has 0 saturated heterocycles. The van der Waals surface area contributed by atoms with Crippen LogP contribution in [0.4, 0.5) is 4.39 Å². The van der Waals surface area contributed by atoms with E-state index in [1.165, 1.54) is 44.4 Å². The lowest BCUT2D eigenvalue weighted by Gasteiger charge is -2.25. The van der Waals surface area contributed by atoms with Gasteiger partial charge in [-0.15, -0.1) is 0 Å². The Labute approximate surface area is 174 Å². The number of amides is 2. The molecule has 0 fully saturated rings. The maximum atomic E-state index is 13.5. The van der Waals surface area contributed by atoms with E-state index < -0.39 is 17.8 Å². The molecule has 9 heteroatoms. The minimum absolute atomic E-state index is 0.117. The van der Waals surface area contributed by atoms with E-state index in [9.17, 15) is 14.0 Å². The van der Waals surface area contributed by atoms with Crippen LogP contribution >= 0.6 is 0 Å². The first kappa shape index (κ1) is 23.0. The number of carbonyl (C=O) groups excluding carboxylic acids is 2. The number of ether oxygens (including phenoxy) is 3. The van der Waals surface area contributed by atoms with E-state index in [2.05, 4.69) is 5.32 Å². The topological polar surface area (TPSA) is 103 Å². The molecule has 162 valence electrons. The summed E-state index contributed by atoms with van der Waals surface area (Å²) in [5.41, 5.74) is 6.59. The third-order valence-corrected chi connectivity index (χ3v) is 4.48. The summed E-state index contributed by atoms with van der Waals surface area (Å²) in [5.74, 6) is -0.112. The van der Waals surface area contributed by atoms with Crippen molar-refractivity contribution in [3.05, 3.63) is 53.3 Å². The second-order valence-corrected chi connectivity index (χ2v) is 6.59. The van der Waals surface area contributed by atoms with Crippen molar-refractivity contribution in [1.29, 1.82) is 0 Å². The number of nitrogens with one attached hydrogen (secondary N) is 1. The van der Waals surface area contributed by atoms with E-state index in [1.54, 1.807) is 25.2 Å². The Bertz CT molecular complexity index is 881. The molecule has 0 aliphatic heterocycles. The number of nitrogens with zero attached hydrogens (tertiary/aromatic N) is 1. The van der Waals surface area contributed by atoms with Crippen LogP contribution < -0.4 is 25.3 Å². The number of nitrogens with two attached hydrogens (primary N) is 1. The first-order chi connectivity index (χ1) is 14.3. The summed E-state index contributed by atoms with van der Waals surface area (Å²) in [5, 5.41) is 2.77. The standard InChI is InChI=1S/C21H26FN3O5/c1-25(19(21(23)27)14-6-5-7-15(22)10-14)12-18(26)24-11-13-8-16(28-2)20(30-4)17(9-13)29-3/h5-10,19H,11-12H2,1-4H3,(H2,23,27)(H,24,26). The van der Waals surface area contributed by atoms with Gasteiger partial charge in [0.15, 0.2) is 11.5 Å². The molecule has 2 rings (SSSR count). The predicted molar refractivity (Wildman–Crippen MR) is 109 cm³/mol. The van der Waals surface area contributed by atoms with Crippen molar-refractivity contribution in [2.45, 2.75) is 12.6 Å². The van der Waals surface area contributed by atoms with Gasteiger partial charge in [-0.2, -0.15) is 0 Å². The van der Waals surface area contributed by atoms with Crippen LogP contribution in [0.2, 0.25) is 0 Å². The van der Waals surface area contributed by atoms with Crippen molar-refractivity contribution in [3.8, 4) is 17.2 Å². The van der Waals surface area contributed by atoms with Crippen molar-refractivity contribution in [2.75, 3.05) is 34.9 Å². The summed E-state index contributed by atoms with van der Waals surface area (Å²) in [7, 11) is 6.08. The maximum Gasteiger partial charge on any atom is 0.239 e. The summed E-state index contributed by atoms with van der Waals surface area (Å²) >= 11 is 0. The quantitative estimate of drug-likeness (QED) is 0.607. The number of methoxy groups -OCH3 is 3. The zero-order valence-corrected chi connectivity index (χ0v) is 17.4. The van der Waals surface area contributed by atoms with Crippen molar-refractivity contribution < 1.29 is 28.2 Å². The summed E-state index contributed by atoms with van der Waals surface area (Å²) in [6.07, 6.45) is 0. The molecule has 0 aliphatic rings. The Kier molecular flexibility index (Phi) is 7.99. The number of benzene rings is 2. The van der Waals surface area contributed by atoms with Gasteiger partial charge in [0.2, 0.25) is 17.6 Å². The van der Waals surface area contributed by atoms with Gasteiger partial charge < -0.3 is 25.3 Å². The molecule has 0 radical (unpaired) electrons. The van der Waals surface area contributed by atoms with Crippen LogP contribution in [0.5, 0.6) is 17.2 Å². The third-order valence-electron chi connectivity index (χ3n) is 4.48. The number of rotatable bonds is 10. The van der Waals surface area contributed by atoms with E-state index >= 15 is 0 Å². The largest absolute Gasteiger partial charge is 0.493 e.